The van der Waals surface area contributed by atoms with Crippen molar-refractivity contribution >= 4 is 28.9 Å². The van der Waals surface area contributed by atoms with Crippen LogP contribution in [0.2, 0.25) is 0 Å². The van der Waals surface area contributed by atoms with E-state index in [1.165, 1.54) is 12.1 Å². The van der Waals surface area contributed by atoms with Crippen molar-refractivity contribution < 1.29 is 19.1 Å². The zero-order valence-electron chi connectivity index (χ0n) is 16.9. The third kappa shape index (κ3) is 4.85. The number of halogens is 1. The second-order valence-corrected chi connectivity index (χ2v) is 8.19. The Kier molecular flexibility index (Phi) is 5.77. The van der Waals surface area contributed by atoms with Crippen molar-refractivity contribution in [2.45, 2.75) is 20.8 Å². The van der Waals surface area contributed by atoms with Gasteiger partial charge in [0.15, 0.2) is 0 Å². The molecule has 1 aliphatic heterocycles. The van der Waals surface area contributed by atoms with Crippen molar-refractivity contribution in [3.8, 4) is 0 Å². The number of carbonyl (C=O) groups excluding carboxylic acids is 1. The molecule has 0 aliphatic carbocycles. The van der Waals surface area contributed by atoms with E-state index in [0.29, 0.717) is 18.8 Å². The van der Waals surface area contributed by atoms with E-state index in [9.17, 15) is 19.1 Å². The zero-order chi connectivity index (χ0) is 21.2. The first kappa shape index (κ1) is 20.6. The van der Waals surface area contributed by atoms with E-state index in [0.717, 1.165) is 24.5 Å². The third-order valence-electron chi connectivity index (χ3n) is 5.00. The lowest BCUT2D eigenvalue weighted by Gasteiger charge is -2.37. The lowest BCUT2D eigenvalue weighted by Crippen LogP contribution is -2.46. The summed E-state index contributed by atoms with van der Waals surface area (Å²) >= 11 is 0. The van der Waals surface area contributed by atoms with E-state index < -0.39 is 11.4 Å². The standard InChI is InChI=1S/C22H26FN3O3/c1-22(2,3)21(29)24-19-9-8-17(14-18(19)20(27)28)26-12-10-25(11-13-26)16-6-4-15(23)5-7-16/h4-9,14H,10-13H2,1-3H3,(H,24,29)(H,27,28). The second kappa shape index (κ2) is 8.11. The highest BCUT2D eigenvalue weighted by molar-refractivity contribution is 6.02. The molecule has 2 aromatic carbocycles. The van der Waals surface area contributed by atoms with Gasteiger partial charge in [0.1, 0.15) is 5.82 Å². The van der Waals surface area contributed by atoms with E-state index in [1.807, 2.05) is 6.07 Å². The number of anilines is 3. The van der Waals surface area contributed by atoms with Gasteiger partial charge in [0.05, 0.1) is 11.3 Å². The molecule has 6 nitrogen and oxygen atoms in total. The number of piperazine rings is 1. The maximum absolute atomic E-state index is 13.1. The van der Waals surface area contributed by atoms with Crippen molar-refractivity contribution in [2.24, 2.45) is 5.41 Å². The summed E-state index contributed by atoms with van der Waals surface area (Å²) in [6.45, 7) is 8.24. The van der Waals surface area contributed by atoms with Crippen molar-refractivity contribution in [3.63, 3.8) is 0 Å². The zero-order valence-corrected chi connectivity index (χ0v) is 16.9. The van der Waals surface area contributed by atoms with E-state index in [1.54, 1.807) is 45.0 Å². The summed E-state index contributed by atoms with van der Waals surface area (Å²) in [5.74, 6) is -1.58. The summed E-state index contributed by atoms with van der Waals surface area (Å²) in [4.78, 5) is 28.3. The molecule has 2 aromatic rings. The van der Waals surface area contributed by atoms with Crippen LogP contribution in [0.1, 0.15) is 31.1 Å². The highest BCUT2D eigenvalue weighted by Gasteiger charge is 2.24. The van der Waals surface area contributed by atoms with Crippen LogP contribution < -0.4 is 15.1 Å². The number of aromatic carboxylic acids is 1. The lowest BCUT2D eigenvalue weighted by atomic mass is 9.95. The quantitative estimate of drug-likeness (QED) is 0.817. The van der Waals surface area contributed by atoms with Gasteiger partial charge in [-0.2, -0.15) is 0 Å². The minimum Gasteiger partial charge on any atom is -0.478 e. The maximum atomic E-state index is 13.1. The molecule has 1 heterocycles. The number of hydrogen-bond acceptors (Lipinski definition) is 4. The Hall–Kier alpha value is -3.09. The molecule has 0 aromatic heterocycles. The number of nitrogens with zero attached hydrogens (tertiary/aromatic N) is 2. The Bertz CT molecular complexity index is 899. The molecule has 0 radical (unpaired) electrons. The Morgan fingerprint density at radius 1 is 0.931 bits per heavy atom. The topological polar surface area (TPSA) is 72.9 Å². The molecule has 1 saturated heterocycles. The fourth-order valence-electron chi connectivity index (χ4n) is 3.20. The molecule has 0 unspecified atom stereocenters. The average Bonchev–Trinajstić information content (AvgIpc) is 2.68. The molecular formula is C22H26FN3O3. The normalized spacial score (nSPS) is 14.6. The number of carbonyl (C=O) groups is 2. The first-order valence-electron chi connectivity index (χ1n) is 9.59. The fourth-order valence-corrected chi connectivity index (χ4v) is 3.20. The van der Waals surface area contributed by atoms with Crippen LogP contribution in [0.15, 0.2) is 42.5 Å². The average molecular weight is 399 g/mol. The maximum Gasteiger partial charge on any atom is 0.337 e. The van der Waals surface area contributed by atoms with E-state index in [4.69, 9.17) is 0 Å². The number of amides is 1. The van der Waals surface area contributed by atoms with Crippen LogP contribution >= 0.6 is 0 Å². The first-order chi connectivity index (χ1) is 13.6. The van der Waals surface area contributed by atoms with E-state index in [-0.39, 0.29) is 17.3 Å². The number of carboxylic acids is 1. The molecule has 1 amide bonds. The molecule has 0 bridgehead atoms. The van der Waals surface area contributed by atoms with Gasteiger partial charge in [-0.25, -0.2) is 9.18 Å². The van der Waals surface area contributed by atoms with Gasteiger partial charge in [-0.3, -0.25) is 4.79 Å². The summed E-state index contributed by atoms with van der Waals surface area (Å²) in [6.07, 6.45) is 0. The Morgan fingerprint density at radius 3 is 1.97 bits per heavy atom. The van der Waals surface area contributed by atoms with Gasteiger partial charge in [0, 0.05) is 43.0 Å². The Labute approximate surface area is 169 Å². The summed E-state index contributed by atoms with van der Waals surface area (Å²) in [6, 6.07) is 11.5. The van der Waals surface area contributed by atoms with Crippen LogP contribution in [-0.4, -0.2) is 43.2 Å². The highest BCUT2D eigenvalue weighted by Crippen LogP contribution is 2.27. The largest absolute Gasteiger partial charge is 0.478 e. The van der Waals surface area contributed by atoms with Crippen LogP contribution in [0.4, 0.5) is 21.5 Å². The van der Waals surface area contributed by atoms with Crippen LogP contribution in [0.5, 0.6) is 0 Å². The fraction of sp³-hybridized carbons (Fsp3) is 0.364. The van der Waals surface area contributed by atoms with Crippen LogP contribution in [0.3, 0.4) is 0 Å². The van der Waals surface area contributed by atoms with Gasteiger partial charge in [-0.15, -0.1) is 0 Å². The number of nitrogens with one attached hydrogen (secondary N) is 1. The van der Waals surface area contributed by atoms with Crippen LogP contribution in [0, 0.1) is 11.2 Å². The molecule has 0 atom stereocenters. The van der Waals surface area contributed by atoms with E-state index >= 15 is 0 Å². The molecule has 2 N–H and O–H groups in total. The molecule has 1 aliphatic rings. The molecule has 0 saturated carbocycles. The van der Waals surface area contributed by atoms with Gasteiger partial charge >= 0.3 is 5.97 Å². The van der Waals surface area contributed by atoms with E-state index in [2.05, 4.69) is 15.1 Å². The molecule has 7 heteroatoms. The predicted molar refractivity (Wildman–Crippen MR) is 112 cm³/mol. The van der Waals surface area contributed by atoms with Crippen LogP contribution in [0.25, 0.3) is 0 Å². The monoisotopic (exact) mass is 399 g/mol. The molecule has 154 valence electrons. The van der Waals surface area contributed by atoms with Crippen molar-refractivity contribution in [1.82, 2.24) is 0 Å². The first-order valence-corrected chi connectivity index (χ1v) is 9.59. The Morgan fingerprint density at radius 2 is 1.45 bits per heavy atom. The van der Waals surface area contributed by atoms with Gasteiger partial charge in [0.25, 0.3) is 0 Å². The Balaban J connectivity index is 1.73. The molecule has 29 heavy (non-hydrogen) atoms. The minimum absolute atomic E-state index is 0.0704. The molecule has 0 spiro atoms. The number of hydrogen-bond donors (Lipinski definition) is 2. The smallest absolute Gasteiger partial charge is 0.337 e. The minimum atomic E-state index is -1.08. The summed E-state index contributed by atoms with van der Waals surface area (Å²) < 4.78 is 13.1. The molecule has 3 rings (SSSR count). The molecule has 1 fully saturated rings. The van der Waals surface area contributed by atoms with Gasteiger partial charge in [-0.05, 0) is 42.5 Å². The summed E-state index contributed by atoms with van der Waals surface area (Å²) in [5.41, 5.74) is 1.52. The van der Waals surface area contributed by atoms with Gasteiger partial charge < -0.3 is 20.2 Å². The number of carboxylic acid groups (broad SMARTS) is 1. The van der Waals surface area contributed by atoms with Crippen molar-refractivity contribution in [3.05, 3.63) is 53.8 Å². The highest BCUT2D eigenvalue weighted by atomic mass is 19.1. The second-order valence-electron chi connectivity index (χ2n) is 8.19. The summed E-state index contributed by atoms with van der Waals surface area (Å²) in [7, 11) is 0. The van der Waals surface area contributed by atoms with Crippen LogP contribution in [-0.2, 0) is 4.79 Å². The predicted octanol–water partition coefficient (Wildman–Crippen LogP) is 3.84. The lowest BCUT2D eigenvalue weighted by molar-refractivity contribution is -0.123. The van der Waals surface area contributed by atoms with Gasteiger partial charge in [-0.1, -0.05) is 20.8 Å². The summed E-state index contributed by atoms with van der Waals surface area (Å²) in [5, 5.41) is 12.3. The SMILES string of the molecule is CC(C)(C)C(=O)Nc1ccc(N2CCN(c3ccc(F)cc3)CC2)cc1C(=O)O. The van der Waals surface area contributed by atoms with Gasteiger partial charge in [0.2, 0.25) is 5.91 Å². The third-order valence-corrected chi connectivity index (χ3v) is 5.00. The van der Waals surface area contributed by atoms with Crippen molar-refractivity contribution in [1.29, 1.82) is 0 Å². The molecular weight excluding hydrogens is 373 g/mol. The van der Waals surface area contributed by atoms with Crippen molar-refractivity contribution in [2.75, 3.05) is 41.3 Å². The number of rotatable bonds is 4. The number of benzene rings is 2.